The van der Waals surface area contributed by atoms with Crippen LogP contribution in [0.1, 0.15) is 157 Å². The predicted octanol–water partition coefficient (Wildman–Crippen LogP) is 2.56. The second-order valence-electron chi connectivity index (χ2n) is 28.5. The third-order valence-electron chi connectivity index (χ3n) is 17.6. The van der Waals surface area contributed by atoms with Crippen molar-refractivity contribution in [3.63, 3.8) is 0 Å². The van der Waals surface area contributed by atoms with Crippen LogP contribution in [-0.2, 0) is 67.6 Å². The number of carbonyl (C=O) groups excluding carboxylic acids is 12. The molecule has 2 fully saturated rings. The third-order valence-corrected chi connectivity index (χ3v) is 18.2. The summed E-state index contributed by atoms with van der Waals surface area (Å²) in [7, 11) is 5.50. The van der Waals surface area contributed by atoms with Gasteiger partial charge in [0.2, 0.25) is 69.1 Å². The number of urea groups is 1. The van der Waals surface area contributed by atoms with E-state index >= 15 is 24.0 Å². The Morgan fingerprint density at radius 2 is 1.06 bits per heavy atom. The fourth-order valence-corrected chi connectivity index (χ4v) is 12.6. The van der Waals surface area contributed by atoms with Gasteiger partial charge in [-0.3, -0.25) is 57.6 Å². The summed E-state index contributed by atoms with van der Waals surface area (Å²) >= 11 is 0. The number of nitrogens with zero attached hydrogens (tertiary/aromatic N) is 8. The van der Waals surface area contributed by atoms with E-state index in [2.05, 4.69) is 21.3 Å². The summed E-state index contributed by atoms with van der Waals surface area (Å²) in [5.74, 6) is -10.4. The molecule has 5 N–H and O–H groups in total. The molecule has 0 aromatic carbocycles. The van der Waals surface area contributed by atoms with Crippen molar-refractivity contribution in [2.75, 3.05) is 62.1 Å². The van der Waals surface area contributed by atoms with Crippen LogP contribution in [0.15, 0.2) is 12.2 Å². The van der Waals surface area contributed by atoms with Gasteiger partial charge in [-0.05, 0) is 95.3 Å². The number of sulfonamides is 1. The summed E-state index contributed by atoms with van der Waals surface area (Å²) in [6.45, 7) is 30.0. The van der Waals surface area contributed by atoms with Crippen molar-refractivity contribution >= 4 is 81.0 Å². The lowest BCUT2D eigenvalue weighted by atomic mass is 9.81. The normalized spacial score (nSPS) is 27.4. The van der Waals surface area contributed by atoms with Crippen molar-refractivity contribution < 1.29 is 70.8 Å². The minimum atomic E-state index is -4.07. The van der Waals surface area contributed by atoms with Crippen LogP contribution >= 0.6 is 0 Å². The molecule has 28 nitrogen and oxygen atoms in total. The molecule has 536 valence electrons. The van der Waals surface area contributed by atoms with E-state index in [1.54, 1.807) is 34.6 Å². The number of fused-ring (bicyclic) bond motifs is 1. The molecule has 29 heteroatoms. The van der Waals surface area contributed by atoms with Crippen LogP contribution in [0.5, 0.6) is 0 Å². The third kappa shape index (κ3) is 21.6. The summed E-state index contributed by atoms with van der Waals surface area (Å²) in [4.78, 5) is 191. The molecule has 2 heterocycles. The lowest BCUT2D eigenvalue weighted by Gasteiger charge is -2.50. The van der Waals surface area contributed by atoms with Gasteiger partial charge in [0, 0.05) is 61.3 Å². The first-order chi connectivity index (χ1) is 43.1. The zero-order valence-electron chi connectivity index (χ0n) is 60.9. The maximum Gasteiger partial charge on any atom is 0.330 e. The molecule has 2 aliphatic heterocycles. The molecular formula is C65H115N13O15S. The second-order valence-corrected chi connectivity index (χ2v) is 30.3. The summed E-state index contributed by atoms with van der Waals surface area (Å²) < 4.78 is 26.3. The molecule has 0 bridgehead atoms. The highest BCUT2D eigenvalue weighted by molar-refractivity contribution is 7.89. The number of hydroxylamine groups is 2. The minimum Gasteiger partial charge on any atom is -0.343 e. The number of allylic oxidation sites excluding steroid dienone is 2. The van der Waals surface area contributed by atoms with E-state index in [0.29, 0.717) is 6.42 Å². The van der Waals surface area contributed by atoms with Gasteiger partial charge in [-0.15, -0.1) is 0 Å². The number of carbonyl (C=O) groups is 12. The maximum atomic E-state index is 15.2. The summed E-state index contributed by atoms with van der Waals surface area (Å²) in [5.41, 5.74) is -1.49. The zero-order chi connectivity index (χ0) is 72.8. The van der Waals surface area contributed by atoms with E-state index in [1.807, 2.05) is 72.3 Å². The Bertz CT molecular complexity index is 2870. The summed E-state index contributed by atoms with van der Waals surface area (Å²) in [6, 6.07) is -15.5. The fourth-order valence-electron chi connectivity index (χ4n) is 12.1. The van der Waals surface area contributed by atoms with Gasteiger partial charge in [0.1, 0.15) is 66.5 Å². The Kier molecular flexibility index (Phi) is 31.1. The van der Waals surface area contributed by atoms with Gasteiger partial charge in [-0.25, -0.2) is 23.0 Å². The first kappa shape index (κ1) is 83.2. The van der Waals surface area contributed by atoms with Crippen LogP contribution in [0.25, 0.3) is 0 Å². The standard InChI is InChI=1S/C65H115N13O15S/c1-27-29-30-40(13)51-50-55(81)68-44(28-2)59(85)72(20)43(16)58(84)77(25)52(65(17,18)34-71(19)64(90)70-94(26,91)92)56(82)69-48(38(9)10)62(88)73(21)45(31-35(3)4)54(80)66-41(14)53(79)67-42(15)57(83)74(22)46(32-36(5)6)60(86)75(23)47(33-37(7)8)61(87)76(24)49(39(11)12)63(89)78(50)93-51/h27,29,35-52H,28,30-34H2,1-26H3,(H,66,80)(H,67,79)(H,68,81)(H,69,82)(H,70,90)/b29-27+/t40-,41+,42-,43-,44+,45+,46+,47+,48+,49+,50+,51-,52-/m1/s1. The number of hydrogen-bond acceptors (Lipinski definition) is 15. The van der Waals surface area contributed by atoms with Crippen LogP contribution in [0.3, 0.4) is 0 Å². The maximum absolute atomic E-state index is 15.2. The molecule has 0 aliphatic carbocycles. The first-order valence-corrected chi connectivity index (χ1v) is 34.7. The Hall–Kier alpha value is -6.91. The number of nitrogens with one attached hydrogen (secondary N) is 5. The highest BCUT2D eigenvalue weighted by Gasteiger charge is 2.55. The lowest BCUT2D eigenvalue weighted by Crippen LogP contribution is -2.72. The van der Waals surface area contributed by atoms with E-state index in [0.717, 1.165) is 30.9 Å². The van der Waals surface area contributed by atoms with Crippen molar-refractivity contribution in [2.45, 2.75) is 229 Å². The molecule has 0 aromatic rings. The van der Waals surface area contributed by atoms with Crippen molar-refractivity contribution in [1.29, 1.82) is 0 Å². The zero-order valence-corrected chi connectivity index (χ0v) is 61.7. The van der Waals surface area contributed by atoms with Gasteiger partial charge in [-0.1, -0.05) is 109 Å². The first-order valence-electron chi connectivity index (χ1n) is 32.8. The fraction of sp³-hybridized carbons (Fsp3) is 0.785. The molecule has 0 radical (unpaired) electrons. The summed E-state index contributed by atoms with van der Waals surface area (Å²) in [6.07, 6.45) is 4.32. The average molecular weight is 1350 g/mol. The molecule has 13 atom stereocenters. The number of amides is 13. The van der Waals surface area contributed by atoms with Crippen LogP contribution in [0, 0.1) is 40.9 Å². The van der Waals surface area contributed by atoms with Gasteiger partial charge in [-0.2, -0.15) is 0 Å². The molecule has 0 spiro atoms. The molecule has 2 aliphatic rings. The Morgan fingerprint density at radius 1 is 0.585 bits per heavy atom. The van der Waals surface area contributed by atoms with Crippen LogP contribution in [0.4, 0.5) is 4.79 Å². The SMILES string of the molecule is C/C=C/C[C@@H](C)[C@H]1ON2C(=O)[C@H](C(C)C)N(C)C(=O)[C@H](CC(C)C)N(C)C(=O)[C@H](CC(C)C)N(C)C(=O)[C@@H](C)NC(=O)[C@H](C)NC(=O)[C@H](CC(C)C)N(C)C(=O)[C@H](C(C)C)NC(=O)[C@H](C(C)(C)CN(C)C(=O)NS(C)(=O)=O)N(C)C(=O)[C@@H](C)N(C)C(=O)[C@H](CC)NC(=O)[C@H]12. The quantitative estimate of drug-likeness (QED) is 0.139. The molecule has 0 saturated carbocycles. The van der Waals surface area contributed by atoms with Crippen molar-refractivity contribution in [2.24, 2.45) is 40.9 Å². The van der Waals surface area contributed by atoms with Crippen LogP contribution in [0.2, 0.25) is 0 Å². The van der Waals surface area contributed by atoms with Crippen molar-refractivity contribution in [3.8, 4) is 0 Å². The van der Waals surface area contributed by atoms with E-state index in [9.17, 15) is 42.0 Å². The molecule has 13 amide bonds. The van der Waals surface area contributed by atoms with Crippen LogP contribution < -0.4 is 26.0 Å². The minimum absolute atomic E-state index is 0.0188. The molecule has 0 aromatic heterocycles. The van der Waals surface area contributed by atoms with Gasteiger partial charge in [0.15, 0.2) is 6.04 Å². The number of hydrogen-bond donors (Lipinski definition) is 5. The van der Waals surface area contributed by atoms with Gasteiger partial charge in [0.25, 0.3) is 5.91 Å². The van der Waals surface area contributed by atoms with E-state index < -0.39 is 171 Å². The van der Waals surface area contributed by atoms with Gasteiger partial charge < -0.3 is 55.6 Å². The molecule has 2 rings (SSSR count). The highest BCUT2D eigenvalue weighted by Crippen LogP contribution is 2.34. The molecule has 94 heavy (non-hydrogen) atoms. The smallest absolute Gasteiger partial charge is 0.330 e. The Labute approximate surface area is 559 Å². The predicted molar refractivity (Wildman–Crippen MR) is 356 cm³/mol. The Balaban J connectivity index is 3.08. The largest absolute Gasteiger partial charge is 0.343 e. The average Bonchev–Trinajstić information content (AvgIpc) is 0.761. The van der Waals surface area contributed by atoms with Gasteiger partial charge in [0.05, 0.1) is 6.26 Å². The van der Waals surface area contributed by atoms with Crippen LogP contribution in [-0.4, -0.2) is 253 Å². The molecule has 2 saturated heterocycles. The Morgan fingerprint density at radius 3 is 1.53 bits per heavy atom. The van der Waals surface area contributed by atoms with Crippen molar-refractivity contribution in [3.05, 3.63) is 12.2 Å². The summed E-state index contributed by atoms with van der Waals surface area (Å²) in [5, 5.41) is 11.9. The monoisotopic (exact) mass is 1350 g/mol. The van der Waals surface area contributed by atoms with E-state index in [4.69, 9.17) is 4.84 Å². The second kappa shape index (κ2) is 35.2. The molecule has 0 unspecified atom stereocenters. The van der Waals surface area contributed by atoms with E-state index in [-0.39, 0.29) is 55.9 Å². The number of rotatable bonds is 16. The molecular weight excluding hydrogens is 1230 g/mol. The van der Waals surface area contributed by atoms with E-state index in [1.165, 1.54) is 98.7 Å². The lowest BCUT2D eigenvalue weighted by molar-refractivity contribution is -0.321. The number of likely N-dealkylation sites (N-methyl/N-ethyl adjacent to an activating group) is 6. The topological polar surface area (TPSA) is 334 Å². The highest BCUT2D eigenvalue weighted by atomic mass is 32.2. The van der Waals surface area contributed by atoms with Crippen molar-refractivity contribution in [1.82, 2.24) is 65.4 Å². The van der Waals surface area contributed by atoms with Gasteiger partial charge >= 0.3 is 6.03 Å².